The van der Waals surface area contributed by atoms with Gasteiger partial charge in [-0.05, 0) is 45.7 Å². The molecule has 1 saturated carbocycles. The van der Waals surface area contributed by atoms with Crippen molar-refractivity contribution < 1.29 is 4.79 Å². The molecule has 0 aromatic heterocycles. The van der Waals surface area contributed by atoms with Crippen molar-refractivity contribution in [3.05, 3.63) is 0 Å². The lowest BCUT2D eigenvalue weighted by Crippen LogP contribution is -2.45. The first kappa shape index (κ1) is 12.4. The topological polar surface area (TPSA) is 56.1 Å². The van der Waals surface area contributed by atoms with E-state index in [1.165, 1.54) is 19.3 Å². The Bertz CT molecular complexity index is 324. The Morgan fingerprint density at radius 2 is 2.06 bits per heavy atom. The Balaban J connectivity index is 1.74. The molecule has 0 aromatic carbocycles. The summed E-state index contributed by atoms with van der Waals surface area (Å²) in [5, 5.41) is 11.8. The van der Waals surface area contributed by atoms with Gasteiger partial charge in [0.05, 0.1) is 6.07 Å². The molecule has 1 N–H and O–H groups in total. The monoisotopic (exact) mass is 235 g/mol. The predicted octanol–water partition coefficient (Wildman–Crippen LogP) is 1.28. The van der Waals surface area contributed by atoms with E-state index in [1.807, 2.05) is 0 Å². The number of rotatable bonds is 4. The first-order chi connectivity index (χ1) is 8.18. The zero-order chi connectivity index (χ0) is 12.3. The first-order valence-electron chi connectivity index (χ1n) is 6.61. The number of amides is 1. The molecular formula is C13H21N3O. The number of likely N-dealkylation sites (tertiary alicyclic amines) is 1. The molecule has 1 amide bonds. The smallest absolute Gasteiger partial charge is 0.240 e. The molecule has 1 saturated heterocycles. The number of carbonyl (C=O) groups excluding carboxylic acids is 1. The summed E-state index contributed by atoms with van der Waals surface area (Å²) in [6, 6.07) is 2.51. The Labute approximate surface area is 103 Å². The average Bonchev–Trinajstić information content (AvgIpc) is 3.17. The fourth-order valence-corrected chi connectivity index (χ4v) is 2.41. The van der Waals surface area contributed by atoms with Crippen molar-refractivity contribution in [3.63, 3.8) is 0 Å². The van der Waals surface area contributed by atoms with Gasteiger partial charge in [-0.15, -0.1) is 0 Å². The van der Waals surface area contributed by atoms with Crippen molar-refractivity contribution in [1.82, 2.24) is 10.2 Å². The molecule has 17 heavy (non-hydrogen) atoms. The molecule has 0 bridgehead atoms. The number of nitrogens with zero attached hydrogens (tertiary/aromatic N) is 2. The highest BCUT2D eigenvalue weighted by atomic mass is 16.2. The maximum Gasteiger partial charge on any atom is 0.240 e. The molecule has 0 radical (unpaired) electrons. The van der Waals surface area contributed by atoms with Crippen molar-refractivity contribution in [2.24, 2.45) is 5.41 Å². The number of nitriles is 1. The third-order valence-corrected chi connectivity index (χ3v) is 3.97. The zero-order valence-electron chi connectivity index (χ0n) is 10.5. The van der Waals surface area contributed by atoms with Crippen molar-refractivity contribution in [2.45, 2.75) is 45.1 Å². The largest absolute Gasteiger partial charge is 0.353 e. The molecule has 2 fully saturated rings. The molecule has 1 aliphatic heterocycles. The lowest BCUT2D eigenvalue weighted by molar-refractivity contribution is -0.124. The van der Waals surface area contributed by atoms with Crippen LogP contribution in [-0.2, 0) is 4.79 Å². The van der Waals surface area contributed by atoms with Crippen LogP contribution in [0.15, 0.2) is 0 Å². The molecule has 0 aromatic rings. The van der Waals surface area contributed by atoms with Crippen LogP contribution in [0.1, 0.15) is 39.0 Å². The summed E-state index contributed by atoms with van der Waals surface area (Å²) < 4.78 is 0. The molecule has 4 heteroatoms. The van der Waals surface area contributed by atoms with Crippen molar-refractivity contribution in [2.75, 3.05) is 19.6 Å². The number of hydrogen-bond donors (Lipinski definition) is 1. The zero-order valence-corrected chi connectivity index (χ0v) is 10.5. The van der Waals surface area contributed by atoms with E-state index < -0.39 is 5.41 Å². The van der Waals surface area contributed by atoms with Gasteiger partial charge >= 0.3 is 0 Å². The Morgan fingerprint density at radius 1 is 1.41 bits per heavy atom. The van der Waals surface area contributed by atoms with Gasteiger partial charge in [0.15, 0.2) is 0 Å². The molecule has 1 heterocycles. The second-order valence-electron chi connectivity index (χ2n) is 5.35. The number of piperidine rings is 1. The van der Waals surface area contributed by atoms with Crippen LogP contribution in [0, 0.1) is 16.7 Å². The standard InChI is InChI=1S/C13H21N3O/c1-11(16-7-3-2-4-8-16)9-15-12(17)13(10-14)5-6-13/h11H,2-9H2,1H3,(H,15,17). The summed E-state index contributed by atoms with van der Waals surface area (Å²) in [6.45, 7) is 5.10. The van der Waals surface area contributed by atoms with E-state index >= 15 is 0 Å². The third-order valence-electron chi connectivity index (χ3n) is 3.97. The minimum absolute atomic E-state index is 0.0659. The van der Waals surface area contributed by atoms with Crippen molar-refractivity contribution in [3.8, 4) is 6.07 Å². The maximum atomic E-state index is 11.8. The van der Waals surface area contributed by atoms with Crippen LogP contribution in [0.5, 0.6) is 0 Å². The van der Waals surface area contributed by atoms with Crippen LogP contribution in [0.4, 0.5) is 0 Å². The molecule has 4 nitrogen and oxygen atoms in total. The summed E-state index contributed by atoms with van der Waals surface area (Å²) >= 11 is 0. The van der Waals surface area contributed by atoms with Gasteiger partial charge in [-0.1, -0.05) is 6.42 Å². The van der Waals surface area contributed by atoms with Crippen LogP contribution in [0.3, 0.4) is 0 Å². The number of carbonyl (C=O) groups is 1. The summed E-state index contributed by atoms with van der Waals surface area (Å²) in [5.41, 5.74) is -0.679. The second-order valence-corrected chi connectivity index (χ2v) is 5.35. The molecule has 2 aliphatic rings. The van der Waals surface area contributed by atoms with Crippen LogP contribution >= 0.6 is 0 Å². The van der Waals surface area contributed by atoms with Gasteiger partial charge in [0.2, 0.25) is 5.91 Å². The first-order valence-corrected chi connectivity index (χ1v) is 6.61. The number of nitrogens with one attached hydrogen (secondary N) is 1. The second kappa shape index (κ2) is 5.05. The normalized spacial score (nSPS) is 24.7. The van der Waals surface area contributed by atoms with Crippen LogP contribution in [0.25, 0.3) is 0 Å². The van der Waals surface area contributed by atoms with Crippen molar-refractivity contribution in [1.29, 1.82) is 5.26 Å². The van der Waals surface area contributed by atoms with Crippen LogP contribution < -0.4 is 5.32 Å². The van der Waals surface area contributed by atoms with Crippen LogP contribution in [0.2, 0.25) is 0 Å². The summed E-state index contributed by atoms with van der Waals surface area (Å²) in [5.74, 6) is -0.0659. The van der Waals surface area contributed by atoms with Gasteiger partial charge in [0.25, 0.3) is 0 Å². The molecule has 1 unspecified atom stereocenters. The highest BCUT2D eigenvalue weighted by Crippen LogP contribution is 2.44. The van der Waals surface area contributed by atoms with Crippen LogP contribution in [-0.4, -0.2) is 36.5 Å². The third kappa shape index (κ3) is 2.78. The fraction of sp³-hybridized carbons (Fsp3) is 0.846. The maximum absolute atomic E-state index is 11.8. The van der Waals surface area contributed by atoms with E-state index in [9.17, 15) is 4.79 Å². The Hall–Kier alpha value is -1.08. The van der Waals surface area contributed by atoms with Gasteiger partial charge in [0, 0.05) is 12.6 Å². The average molecular weight is 235 g/mol. The van der Waals surface area contributed by atoms with E-state index in [0.717, 1.165) is 25.9 Å². The quantitative estimate of drug-likeness (QED) is 0.798. The fourth-order valence-electron chi connectivity index (χ4n) is 2.41. The minimum atomic E-state index is -0.679. The lowest BCUT2D eigenvalue weighted by Gasteiger charge is -2.32. The molecule has 94 valence electrons. The van der Waals surface area contributed by atoms with Gasteiger partial charge in [-0.3, -0.25) is 9.69 Å². The Kier molecular flexibility index (Phi) is 3.68. The van der Waals surface area contributed by atoms with Gasteiger partial charge in [-0.25, -0.2) is 0 Å². The molecular weight excluding hydrogens is 214 g/mol. The van der Waals surface area contributed by atoms with E-state index in [4.69, 9.17) is 5.26 Å². The summed E-state index contributed by atoms with van der Waals surface area (Å²) in [4.78, 5) is 14.2. The SMILES string of the molecule is CC(CNC(=O)C1(C#N)CC1)N1CCCCC1. The minimum Gasteiger partial charge on any atom is -0.353 e. The Morgan fingerprint density at radius 3 is 2.59 bits per heavy atom. The van der Waals surface area contributed by atoms with E-state index in [-0.39, 0.29) is 5.91 Å². The molecule has 1 aliphatic carbocycles. The van der Waals surface area contributed by atoms with Crippen molar-refractivity contribution >= 4 is 5.91 Å². The van der Waals surface area contributed by atoms with E-state index in [1.54, 1.807) is 0 Å². The van der Waals surface area contributed by atoms with Gasteiger partial charge in [-0.2, -0.15) is 5.26 Å². The summed E-state index contributed by atoms with van der Waals surface area (Å²) in [7, 11) is 0. The molecule has 0 spiro atoms. The number of hydrogen-bond acceptors (Lipinski definition) is 3. The van der Waals surface area contributed by atoms with E-state index in [2.05, 4.69) is 23.2 Å². The highest BCUT2D eigenvalue weighted by Gasteiger charge is 2.50. The van der Waals surface area contributed by atoms with Gasteiger partial charge < -0.3 is 5.32 Å². The highest BCUT2D eigenvalue weighted by molar-refractivity contribution is 5.88. The predicted molar refractivity (Wildman–Crippen MR) is 65.2 cm³/mol. The molecule has 1 atom stereocenters. The molecule has 2 rings (SSSR count). The summed E-state index contributed by atoms with van der Waals surface area (Å²) in [6.07, 6.45) is 5.31. The lowest BCUT2D eigenvalue weighted by atomic mass is 10.1. The van der Waals surface area contributed by atoms with E-state index in [0.29, 0.717) is 12.6 Å². The van der Waals surface area contributed by atoms with Gasteiger partial charge in [0.1, 0.15) is 5.41 Å².